The van der Waals surface area contributed by atoms with E-state index in [2.05, 4.69) is 37.5 Å². The quantitative estimate of drug-likeness (QED) is 0.838. The molecular weight excluding hydrogens is 318 g/mol. The van der Waals surface area contributed by atoms with Gasteiger partial charge in [-0.15, -0.1) is 0 Å². The molecule has 1 atom stereocenters. The second-order valence-electron chi connectivity index (χ2n) is 5.78. The van der Waals surface area contributed by atoms with Crippen molar-refractivity contribution >= 4 is 11.6 Å². The van der Waals surface area contributed by atoms with E-state index in [1.54, 1.807) is 4.68 Å². The summed E-state index contributed by atoms with van der Waals surface area (Å²) < 4.78 is 7.29. The van der Waals surface area contributed by atoms with Gasteiger partial charge in [-0.05, 0) is 14.0 Å². The summed E-state index contributed by atoms with van der Waals surface area (Å²) in [5.74, 6) is 1.57. The topological polar surface area (TPSA) is 83.9 Å². The van der Waals surface area contributed by atoms with Crippen LogP contribution in [0.25, 0.3) is 0 Å². The van der Waals surface area contributed by atoms with Crippen LogP contribution in [0.3, 0.4) is 0 Å². The summed E-state index contributed by atoms with van der Waals surface area (Å²) in [6, 6.07) is 0.113. The molecule has 0 amide bonds. The Kier molecular flexibility index (Phi) is 4.96. The van der Waals surface area contributed by atoms with E-state index < -0.39 is 0 Å². The van der Waals surface area contributed by atoms with Crippen LogP contribution in [-0.2, 0) is 24.9 Å². The minimum atomic E-state index is 0.113. The first-order chi connectivity index (χ1) is 11.1. The maximum absolute atomic E-state index is 6.24. The predicted octanol–water partition coefficient (Wildman–Crippen LogP) is 0.793. The number of nitrogens with one attached hydrogen (secondary N) is 2. The highest BCUT2D eigenvalue weighted by Gasteiger charge is 2.25. The molecule has 2 aromatic rings. The Labute approximate surface area is 140 Å². The normalized spacial score (nSPS) is 19.4. The zero-order chi connectivity index (χ0) is 16.4. The van der Waals surface area contributed by atoms with Crippen molar-refractivity contribution < 1.29 is 4.74 Å². The molecule has 23 heavy (non-hydrogen) atoms. The molecule has 9 heteroatoms. The molecule has 2 aromatic heterocycles. The standard InChI is InChI=1S/C14H22ClN7O/c1-9-13(15)10(20-22(9)3)6-16-7-12-17-14(19-18-12)11-8-23-5-4-21(11)2/h11,16H,4-8H2,1-3H3,(H,17,18,19). The fraction of sp³-hybridized carbons (Fsp3) is 0.643. The zero-order valence-electron chi connectivity index (χ0n) is 13.6. The number of halogens is 1. The van der Waals surface area contributed by atoms with Crippen molar-refractivity contribution in [1.82, 2.24) is 35.2 Å². The van der Waals surface area contributed by atoms with Crippen LogP contribution in [0.4, 0.5) is 0 Å². The number of morpholine rings is 1. The van der Waals surface area contributed by atoms with E-state index in [1.807, 2.05) is 14.0 Å². The van der Waals surface area contributed by atoms with Crippen molar-refractivity contribution in [3.63, 3.8) is 0 Å². The number of aryl methyl sites for hydroxylation is 1. The fourth-order valence-corrected chi connectivity index (χ4v) is 2.79. The minimum Gasteiger partial charge on any atom is -0.378 e. The van der Waals surface area contributed by atoms with Crippen molar-refractivity contribution in [1.29, 1.82) is 0 Å². The van der Waals surface area contributed by atoms with Crippen LogP contribution in [0.15, 0.2) is 0 Å². The van der Waals surface area contributed by atoms with Gasteiger partial charge in [-0.25, -0.2) is 4.98 Å². The smallest absolute Gasteiger partial charge is 0.170 e. The fourth-order valence-electron chi connectivity index (χ4n) is 2.56. The van der Waals surface area contributed by atoms with Crippen molar-refractivity contribution in [2.24, 2.45) is 7.05 Å². The highest BCUT2D eigenvalue weighted by atomic mass is 35.5. The van der Waals surface area contributed by atoms with Gasteiger partial charge in [-0.2, -0.15) is 10.2 Å². The molecule has 8 nitrogen and oxygen atoms in total. The summed E-state index contributed by atoms with van der Waals surface area (Å²) in [6.07, 6.45) is 0. The third-order valence-electron chi connectivity index (χ3n) is 4.16. The molecule has 0 spiro atoms. The SMILES string of the molecule is Cc1c(Cl)c(CNCc2nc(C3COCCN3C)n[nH]2)nn1C. The van der Waals surface area contributed by atoms with Gasteiger partial charge in [0.25, 0.3) is 0 Å². The van der Waals surface area contributed by atoms with Gasteiger partial charge in [0.05, 0.1) is 42.2 Å². The summed E-state index contributed by atoms with van der Waals surface area (Å²) in [6.45, 7) is 5.40. The van der Waals surface area contributed by atoms with E-state index in [1.165, 1.54) is 0 Å². The lowest BCUT2D eigenvalue weighted by molar-refractivity contribution is 0.00193. The lowest BCUT2D eigenvalue weighted by Gasteiger charge is -2.30. The van der Waals surface area contributed by atoms with Gasteiger partial charge < -0.3 is 10.1 Å². The molecule has 1 aliphatic rings. The maximum atomic E-state index is 6.24. The number of likely N-dealkylation sites (N-methyl/N-ethyl adjacent to an activating group) is 1. The molecule has 1 fully saturated rings. The summed E-state index contributed by atoms with van der Waals surface area (Å²) in [7, 11) is 3.95. The molecular formula is C14H22ClN7O. The van der Waals surface area contributed by atoms with E-state index in [0.717, 1.165) is 36.2 Å². The van der Waals surface area contributed by atoms with E-state index in [0.29, 0.717) is 24.7 Å². The molecule has 2 N–H and O–H groups in total. The monoisotopic (exact) mass is 339 g/mol. The van der Waals surface area contributed by atoms with Gasteiger partial charge in [-0.1, -0.05) is 11.6 Å². The Bertz CT molecular complexity index is 668. The number of aromatic nitrogens is 5. The van der Waals surface area contributed by atoms with Crippen molar-refractivity contribution in [3.05, 3.63) is 28.1 Å². The van der Waals surface area contributed by atoms with Crippen LogP contribution in [-0.4, -0.2) is 56.7 Å². The molecule has 0 radical (unpaired) electrons. The lowest BCUT2D eigenvalue weighted by atomic mass is 10.2. The second kappa shape index (κ2) is 6.96. The first-order valence-electron chi connectivity index (χ1n) is 7.64. The highest BCUT2D eigenvalue weighted by molar-refractivity contribution is 6.31. The number of hydrogen-bond acceptors (Lipinski definition) is 6. The molecule has 0 aliphatic carbocycles. The van der Waals surface area contributed by atoms with E-state index in [-0.39, 0.29) is 6.04 Å². The first kappa shape index (κ1) is 16.4. The predicted molar refractivity (Wildman–Crippen MR) is 86.1 cm³/mol. The number of ether oxygens (including phenoxy) is 1. The van der Waals surface area contributed by atoms with Gasteiger partial charge in [0.1, 0.15) is 5.82 Å². The average Bonchev–Trinajstić information content (AvgIpc) is 3.09. The zero-order valence-corrected chi connectivity index (χ0v) is 14.4. The molecule has 0 bridgehead atoms. The Morgan fingerprint density at radius 3 is 2.91 bits per heavy atom. The molecule has 1 saturated heterocycles. The largest absolute Gasteiger partial charge is 0.378 e. The number of nitrogens with zero attached hydrogens (tertiary/aromatic N) is 5. The average molecular weight is 340 g/mol. The third-order valence-corrected chi connectivity index (χ3v) is 4.65. The van der Waals surface area contributed by atoms with E-state index >= 15 is 0 Å². The van der Waals surface area contributed by atoms with Crippen LogP contribution < -0.4 is 5.32 Å². The Hall–Kier alpha value is -1.48. The number of H-pyrrole nitrogens is 1. The summed E-state index contributed by atoms with van der Waals surface area (Å²) >= 11 is 6.24. The Morgan fingerprint density at radius 2 is 2.22 bits per heavy atom. The van der Waals surface area contributed by atoms with Crippen molar-refractivity contribution in [2.45, 2.75) is 26.1 Å². The van der Waals surface area contributed by atoms with Crippen LogP contribution in [0, 0.1) is 6.92 Å². The lowest BCUT2D eigenvalue weighted by Crippen LogP contribution is -2.37. The van der Waals surface area contributed by atoms with Crippen LogP contribution in [0.5, 0.6) is 0 Å². The summed E-state index contributed by atoms with van der Waals surface area (Å²) in [4.78, 5) is 6.76. The van der Waals surface area contributed by atoms with Gasteiger partial charge in [0, 0.05) is 20.1 Å². The molecule has 1 unspecified atom stereocenters. The van der Waals surface area contributed by atoms with Gasteiger partial charge >= 0.3 is 0 Å². The first-order valence-corrected chi connectivity index (χ1v) is 8.02. The van der Waals surface area contributed by atoms with Crippen LogP contribution in [0.2, 0.25) is 5.02 Å². The van der Waals surface area contributed by atoms with Crippen molar-refractivity contribution in [3.8, 4) is 0 Å². The Balaban J connectivity index is 1.56. The molecule has 3 heterocycles. The highest BCUT2D eigenvalue weighted by Crippen LogP contribution is 2.20. The molecule has 3 rings (SSSR count). The number of aromatic amines is 1. The van der Waals surface area contributed by atoms with Gasteiger partial charge in [0.15, 0.2) is 5.82 Å². The van der Waals surface area contributed by atoms with Crippen LogP contribution in [0.1, 0.15) is 29.1 Å². The van der Waals surface area contributed by atoms with E-state index in [4.69, 9.17) is 16.3 Å². The van der Waals surface area contributed by atoms with E-state index in [9.17, 15) is 0 Å². The molecule has 1 aliphatic heterocycles. The third kappa shape index (κ3) is 3.55. The Morgan fingerprint density at radius 1 is 1.39 bits per heavy atom. The number of hydrogen-bond donors (Lipinski definition) is 2. The number of rotatable bonds is 5. The molecule has 126 valence electrons. The van der Waals surface area contributed by atoms with Gasteiger partial charge in [0.2, 0.25) is 0 Å². The molecule has 0 saturated carbocycles. The van der Waals surface area contributed by atoms with Crippen LogP contribution >= 0.6 is 11.6 Å². The summed E-state index contributed by atoms with van der Waals surface area (Å²) in [5.41, 5.74) is 1.80. The molecule has 0 aromatic carbocycles. The summed E-state index contributed by atoms with van der Waals surface area (Å²) in [5, 5.41) is 15.7. The second-order valence-corrected chi connectivity index (χ2v) is 6.16. The minimum absolute atomic E-state index is 0.113. The van der Waals surface area contributed by atoms with Gasteiger partial charge in [-0.3, -0.25) is 14.7 Å². The van der Waals surface area contributed by atoms with Crippen molar-refractivity contribution in [2.75, 3.05) is 26.8 Å². The maximum Gasteiger partial charge on any atom is 0.170 e.